The molecule has 0 fully saturated rings. The highest BCUT2D eigenvalue weighted by Gasteiger charge is 2.07. The molecule has 4 heteroatoms. The molecular formula is C11H11NO2S. The minimum Gasteiger partial charge on any atom is -0.277 e. The zero-order chi connectivity index (χ0) is 10.8. The highest BCUT2D eigenvalue weighted by molar-refractivity contribution is 7.17. The van der Waals surface area contributed by atoms with Crippen LogP contribution in [-0.4, -0.2) is 13.0 Å². The molecule has 1 aromatic carbocycles. The molecule has 0 saturated heterocycles. The summed E-state index contributed by atoms with van der Waals surface area (Å²) in [5.41, 5.74) is 4.12. The van der Waals surface area contributed by atoms with Crippen molar-refractivity contribution >= 4 is 27.3 Å². The summed E-state index contributed by atoms with van der Waals surface area (Å²) in [7, 11) is 1.42. The van der Waals surface area contributed by atoms with Crippen molar-refractivity contribution in [2.24, 2.45) is 0 Å². The molecule has 0 atom stereocenters. The Labute approximate surface area is 91.6 Å². The summed E-state index contributed by atoms with van der Waals surface area (Å²) in [4.78, 5) is 16.1. The molecule has 1 aromatic heterocycles. The molecule has 0 saturated carbocycles. The highest BCUT2D eigenvalue weighted by atomic mass is 32.1. The van der Waals surface area contributed by atoms with Gasteiger partial charge in [-0.05, 0) is 41.5 Å². The average Bonchev–Trinajstić information content (AvgIpc) is 2.60. The quantitative estimate of drug-likeness (QED) is 0.791. The van der Waals surface area contributed by atoms with Gasteiger partial charge in [0, 0.05) is 10.3 Å². The lowest BCUT2D eigenvalue weighted by Gasteiger charge is -2.02. The molecule has 1 N–H and O–H groups in total. The van der Waals surface area contributed by atoms with Gasteiger partial charge in [0.05, 0.1) is 7.11 Å². The molecule has 3 nitrogen and oxygen atoms in total. The first-order chi connectivity index (χ1) is 7.22. The van der Waals surface area contributed by atoms with Crippen LogP contribution in [0.3, 0.4) is 0 Å². The lowest BCUT2D eigenvalue weighted by molar-refractivity contribution is 0.0538. The van der Waals surface area contributed by atoms with Gasteiger partial charge in [-0.25, -0.2) is 5.48 Å². The minimum atomic E-state index is -0.218. The van der Waals surface area contributed by atoms with E-state index in [0.29, 0.717) is 5.56 Å². The van der Waals surface area contributed by atoms with Crippen LogP contribution in [0.2, 0.25) is 0 Å². The topological polar surface area (TPSA) is 38.3 Å². The van der Waals surface area contributed by atoms with E-state index in [1.807, 2.05) is 19.1 Å². The fourth-order valence-electron chi connectivity index (χ4n) is 1.45. The fourth-order valence-corrected chi connectivity index (χ4v) is 2.37. The molecule has 1 amide bonds. The van der Waals surface area contributed by atoms with Gasteiger partial charge in [-0.2, -0.15) is 0 Å². The number of fused-ring (bicyclic) bond motifs is 1. The van der Waals surface area contributed by atoms with Gasteiger partial charge in [0.1, 0.15) is 0 Å². The summed E-state index contributed by atoms with van der Waals surface area (Å²) in [6.45, 7) is 2.04. The van der Waals surface area contributed by atoms with Gasteiger partial charge in [0.2, 0.25) is 0 Å². The third-order valence-electron chi connectivity index (χ3n) is 2.22. The van der Waals surface area contributed by atoms with E-state index in [2.05, 4.69) is 15.7 Å². The number of thiophene rings is 1. The summed E-state index contributed by atoms with van der Waals surface area (Å²) in [5, 5.41) is 3.21. The first-order valence-electron chi connectivity index (χ1n) is 4.53. The van der Waals surface area contributed by atoms with Gasteiger partial charge in [-0.15, -0.1) is 11.3 Å². The number of hydroxylamine groups is 1. The van der Waals surface area contributed by atoms with E-state index in [1.165, 1.54) is 17.4 Å². The largest absolute Gasteiger partial charge is 0.277 e. The third kappa shape index (κ3) is 1.86. The van der Waals surface area contributed by atoms with Crippen LogP contribution in [0.1, 0.15) is 15.9 Å². The third-order valence-corrected chi connectivity index (χ3v) is 3.31. The Morgan fingerprint density at radius 1 is 1.47 bits per heavy atom. The number of hydrogen-bond acceptors (Lipinski definition) is 3. The molecular weight excluding hydrogens is 210 g/mol. The van der Waals surface area contributed by atoms with Crippen molar-refractivity contribution < 1.29 is 9.63 Å². The molecule has 0 bridgehead atoms. The molecule has 0 spiro atoms. The number of hydrogen-bond donors (Lipinski definition) is 1. The van der Waals surface area contributed by atoms with Crippen molar-refractivity contribution in [3.8, 4) is 0 Å². The monoisotopic (exact) mass is 221 g/mol. The van der Waals surface area contributed by atoms with Crippen LogP contribution in [0.5, 0.6) is 0 Å². The first-order valence-corrected chi connectivity index (χ1v) is 5.41. The Morgan fingerprint density at radius 2 is 2.27 bits per heavy atom. The van der Waals surface area contributed by atoms with Crippen LogP contribution in [0, 0.1) is 6.92 Å². The van der Waals surface area contributed by atoms with E-state index in [0.717, 1.165) is 5.39 Å². The van der Waals surface area contributed by atoms with Crippen LogP contribution in [0.15, 0.2) is 23.6 Å². The van der Waals surface area contributed by atoms with E-state index < -0.39 is 0 Å². The second-order valence-electron chi connectivity index (χ2n) is 3.26. The van der Waals surface area contributed by atoms with Gasteiger partial charge in [0.15, 0.2) is 0 Å². The van der Waals surface area contributed by atoms with E-state index >= 15 is 0 Å². The SMILES string of the molecule is CONC(=O)c1ccc2scc(C)c2c1. The van der Waals surface area contributed by atoms with Crippen molar-refractivity contribution in [1.82, 2.24) is 5.48 Å². The summed E-state index contributed by atoms with van der Waals surface area (Å²) < 4.78 is 1.20. The Morgan fingerprint density at radius 3 is 3.00 bits per heavy atom. The fraction of sp³-hybridized carbons (Fsp3) is 0.182. The number of rotatable bonds is 2. The maximum atomic E-state index is 11.5. The maximum Gasteiger partial charge on any atom is 0.274 e. The van der Waals surface area contributed by atoms with E-state index in [1.54, 1.807) is 17.4 Å². The van der Waals surface area contributed by atoms with Crippen molar-refractivity contribution in [2.75, 3.05) is 7.11 Å². The lowest BCUT2D eigenvalue weighted by Crippen LogP contribution is -2.21. The Balaban J connectivity index is 2.45. The lowest BCUT2D eigenvalue weighted by atomic mass is 10.1. The number of carbonyl (C=O) groups excluding carboxylic acids is 1. The van der Waals surface area contributed by atoms with Crippen molar-refractivity contribution in [2.45, 2.75) is 6.92 Å². The zero-order valence-electron chi connectivity index (χ0n) is 8.53. The standard InChI is InChI=1S/C11H11NO2S/c1-7-6-15-10-4-3-8(5-9(7)10)11(13)12-14-2/h3-6H,1-2H3,(H,12,13). The van der Waals surface area contributed by atoms with Gasteiger partial charge in [0.25, 0.3) is 5.91 Å². The minimum absolute atomic E-state index is 0.218. The number of carbonyl (C=O) groups is 1. The van der Waals surface area contributed by atoms with Gasteiger partial charge >= 0.3 is 0 Å². The van der Waals surface area contributed by atoms with E-state index in [4.69, 9.17) is 0 Å². The number of aryl methyl sites for hydroxylation is 1. The molecule has 0 aliphatic rings. The molecule has 1 heterocycles. The van der Waals surface area contributed by atoms with E-state index in [9.17, 15) is 4.79 Å². The number of nitrogens with one attached hydrogen (secondary N) is 1. The van der Waals surface area contributed by atoms with Crippen LogP contribution in [-0.2, 0) is 4.84 Å². The molecule has 0 radical (unpaired) electrons. The second-order valence-corrected chi connectivity index (χ2v) is 4.18. The molecule has 2 rings (SSSR count). The van der Waals surface area contributed by atoms with Crippen molar-refractivity contribution in [3.05, 3.63) is 34.7 Å². The van der Waals surface area contributed by atoms with Gasteiger partial charge < -0.3 is 0 Å². The van der Waals surface area contributed by atoms with Gasteiger partial charge in [-0.1, -0.05) is 0 Å². The first kappa shape index (κ1) is 10.1. The van der Waals surface area contributed by atoms with Crippen molar-refractivity contribution in [3.63, 3.8) is 0 Å². The Bertz CT molecular complexity index is 504. The molecule has 0 aliphatic heterocycles. The summed E-state index contributed by atoms with van der Waals surface area (Å²) in [6.07, 6.45) is 0. The molecule has 15 heavy (non-hydrogen) atoms. The normalized spacial score (nSPS) is 10.5. The highest BCUT2D eigenvalue weighted by Crippen LogP contribution is 2.26. The maximum absolute atomic E-state index is 11.5. The number of benzene rings is 1. The van der Waals surface area contributed by atoms with Crippen LogP contribution in [0.25, 0.3) is 10.1 Å². The zero-order valence-corrected chi connectivity index (χ0v) is 9.35. The summed E-state index contributed by atoms with van der Waals surface area (Å²) in [5.74, 6) is -0.218. The summed E-state index contributed by atoms with van der Waals surface area (Å²) >= 11 is 1.68. The Hall–Kier alpha value is -1.39. The predicted molar refractivity (Wildman–Crippen MR) is 61.0 cm³/mol. The van der Waals surface area contributed by atoms with E-state index in [-0.39, 0.29) is 5.91 Å². The smallest absolute Gasteiger partial charge is 0.274 e. The van der Waals surface area contributed by atoms with Gasteiger partial charge in [-0.3, -0.25) is 9.63 Å². The predicted octanol–water partition coefficient (Wildman–Crippen LogP) is 2.50. The number of amides is 1. The second kappa shape index (κ2) is 4.00. The van der Waals surface area contributed by atoms with Crippen LogP contribution >= 0.6 is 11.3 Å². The summed E-state index contributed by atoms with van der Waals surface area (Å²) in [6, 6.07) is 5.64. The van der Waals surface area contributed by atoms with Crippen molar-refractivity contribution in [1.29, 1.82) is 0 Å². The molecule has 0 aliphatic carbocycles. The molecule has 0 unspecified atom stereocenters. The molecule has 2 aromatic rings. The van der Waals surface area contributed by atoms with Crippen LogP contribution < -0.4 is 5.48 Å². The molecule has 78 valence electrons. The van der Waals surface area contributed by atoms with Crippen LogP contribution in [0.4, 0.5) is 0 Å². The average molecular weight is 221 g/mol. The Kier molecular flexibility index (Phi) is 2.70.